The molecule has 0 amide bonds. The van der Waals surface area contributed by atoms with Crippen LogP contribution >= 0.6 is 0 Å². The molecule has 3 rings (SSSR count). The predicted octanol–water partition coefficient (Wildman–Crippen LogP) is 5.92. The largest absolute Gasteiger partial charge is 0.467 e. The Bertz CT molecular complexity index is 792. The molecule has 24 heavy (non-hydrogen) atoms. The van der Waals surface area contributed by atoms with E-state index in [1.54, 1.807) is 6.26 Å². The van der Waals surface area contributed by atoms with Crippen molar-refractivity contribution >= 4 is 5.69 Å². The normalized spacial score (nSPS) is 10.7. The minimum absolute atomic E-state index is 0.672. The molecule has 3 nitrogen and oxygen atoms in total. The van der Waals surface area contributed by atoms with Gasteiger partial charge in [0.15, 0.2) is 0 Å². The SMILES string of the molecule is Cc1cc(Oc2c(C)cccc2C)cc(C)c1NCc1ccco1. The van der Waals surface area contributed by atoms with Gasteiger partial charge in [-0.2, -0.15) is 0 Å². The molecule has 0 fully saturated rings. The second kappa shape index (κ2) is 6.83. The molecular formula is C21H23NO2. The van der Waals surface area contributed by atoms with Gasteiger partial charge in [-0.25, -0.2) is 0 Å². The van der Waals surface area contributed by atoms with Crippen molar-refractivity contribution in [3.8, 4) is 11.5 Å². The summed E-state index contributed by atoms with van der Waals surface area (Å²) in [5, 5.41) is 3.45. The summed E-state index contributed by atoms with van der Waals surface area (Å²) in [7, 11) is 0. The van der Waals surface area contributed by atoms with Crippen LogP contribution in [0.15, 0.2) is 53.1 Å². The first-order valence-electron chi connectivity index (χ1n) is 8.16. The van der Waals surface area contributed by atoms with E-state index in [0.29, 0.717) is 6.54 Å². The number of ether oxygens (including phenoxy) is 1. The lowest BCUT2D eigenvalue weighted by molar-refractivity contribution is 0.474. The summed E-state index contributed by atoms with van der Waals surface area (Å²) in [5.74, 6) is 2.73. The standard InChI is InChI=1S/C21H23NO2/c1-14-7-5-8-15(2)21(14)24-19-11-16(3)20(17(4)12-19)22-13-18-9-6-10-23-18/h5-12,22H,13H2,1-4H3. The summed E-state index contributed by atoms with van der Waals surface area (Å²) in [5.41, 5.74) is 5.72. The quantitative estimate of drug-likeness (QED) is 0.633. The number of para-hydroxylation sites is 1. The van der Waals surface area contributed by atoms with Crippen LogP contribution in [0, 0.1) is 27.7 Å². The van der Waals surface area contributed by atoms with E-state index in [-0.39, 0.29) is 0 Å². The molecule has 0 spiro atoms. The van der Waals surface area contributed by atoms with Gasteiger partial charge >= 0.3 is 0 Å². The first-order chi connectivity index (χ1) is 11.5. The molecule has 1 heterocycles. The van der Waals surface area contributed by atoms with Gasteiger partial charge in [0, 0.05) is 5.69 Å². The van der Waals surface area contributed by atoms with Gasteiger partial charge in [-0.1, -0.05) is 18.2 Å². The van der Waals surface area contributed by atoms with Crippen LogP contribution in [0.2, 0.25) is 0 Å². The lowest BCUT2D eigenvalue weighted by Gasteiger charge is -2.16. The maximum absolute atomic E-state index is 6.16. The van der Waals surface area contributed by atoms with Crippen molar-refractivity contribution in [3.05, 3.63) is 76.7 Å². The van der Waals surface area contributed by atoms with Crippen LogP contribution in [0.1, 0.15) is 28.0 Å². The number of hydrogen-bond acceptors (Lipinski definition) is 3. The zero-order valence-corrected chi connectivity index (χ0v) is 14.6. The number of hydrogen-bond donors (Lipinski definition) is 1. The Kier molecular flexibility index (Phi) is 4.61. The predicted molar refractivity (Wildman–Crippen MR) is 97.9 cm³/mol. The monoisotopic (exact) mass is 321 g/mol. The summed E-state index contributed by atoms with van der Waals surface area (Å²) in [6, 6.07) is 14.2. The van der Waals surface area contributed by atoms with Gasteiger partial charge in [0.05, 0.1) is 12.8 Å². The number of nitrogens with one attached hydrogen (secondary N) is 1. The first-order valence-corrected chi connectivity index (χ1v) is 8.16. The molecule has 3 aromatic rings. The average Bonchev–Trinajstić information content (AvgIpc) is 3.04. The zero-order valence-electron chi connectivity index (χ0n) is 14.6. The van der Waals surface area contributed by atoms with Crippen molar-refractivity contribution in [1.29, 1.82) is 0 Å². The van der Waals surface area contributed by atoms with Crippen molar-refractivity contribution in [2.24, 2.45) is 0 Å². The van der Waals surface area contributed by atoms with Crippen molar-refractivity contribution in [2.75, 3.05) is 5.32 Å². The zero-order chi connectivity index (χ0) is 17.1. The number of furan rings is 1. The Morgan fingerprint density at radius 1 is 0.875 bits per heavy atom. The highest BCUT2D eigenvalue weighted by Gasteiger charge is 2.10. The van der Waals surface area contributed by atoms with Gasteiger partial charge in [-0.05, 0) is 74.2 Å². The summed E-state index contributed by atoms with van der Waals surface area (Å²) in [6.07, 6.45) is 1.69. The molecule has 2 aromatic carbocycles. The van der Waals surface area contributed by atoms with Gasteiger partial charge in [0.1, 0.15) is 17.3 Å². The van der Waals surface area contributed by atoms with Crippen molar-refractivity contribution in [1.82, 2.24) is 0 Å². The van der Waals surface area contributed by atoms with E-state index in [2.05, 4.69) is 63.3 Å². The minimum Gasteiger partial charge on any atom is -0.467 e. The fourth-order valence-electron chi connectivity index (χ4n) is 2.93. The van der Waals surface area contributed by atoms with Crippen LogP contribution in [-0.2, 0) is 6.54 Å². The van der Waals surface area contributed by atoms with Crippen LogP contribution in [0.5, 0.6) is 11.5 Å². The number of anilines is 1. The fourth-order valence-corrected chi connectivity index (χ4v) is 2.93. The van der Waals surface area contributed by atoms with E-state index in [0.717, 1.165) is 45.2 Å². The van der Waals surface area contributed by atoms with Gasteiger partial charge < -0.3 is 14.5 Å². The van der Waals surface area contributed by atoms with E-state index in [9.17, 15) is 0 Å². The molecule has 0 aliphatic heterocycles. The maximum Gasteiger partial charge on any atom is 0.133 e. The van der Waals surface area contributed by atoms with Gasteiger partial charge in [-0.3, -0.25) is 0 Å². The first kappa shape index (κ1) is 16.2. The van der Waals surface area contributed by atoms with E-state index in [1.165, 1.54) is 0 Å². The molecule has 0 atom stereocenters. The van der Waals surface area contributed by atoms with Crippen molar-refractivity contribution in [3.63, 3.8) is 0 Å². The Hall–Kier alpha value is -2.68. The lowest BCUT2D eigenvalue weighted by Crippen LogP contribution is -2.02. The molecule has 3 heteroatoms. The third-order valence-corrected chi connectivity index (χ3v) is 4.15. The van der Waals surface area contributed by atoms with Gasteiger partial charge in [-0.15, -0.1) is 0 Å². The van der Waals surface area contributed by atoms with Crippen LogP contribution in [-0.4, -0.2) is 0 Å². The van der Waals surface area contributed by atoms with Gasteiger partial charge in [0.2, 0.25) is 0 Å². The highest BCUT2D eigenvalue weighted by Crippen LogP contribution is 2.32. The molecule has 1 aromatic heterocycles. The third-order valence-electron chi connectivity index (χ3n) is 4.15. The number of benzene rings is 2. The van der Waals surface area contributed by atoms with Crippen LogP contribution in [0.3, 0.4) is 0 Å². The molecule has 0 aliphatic carbocycles. The van der Waals surface area contributed by atoms with E-state index in [1.807, 2.05) is 12.1 Å². The number of aryl methyl sites for hydroxylation is 4. The summed E-state index contributed by atoms with van der Waals surface area (Å²) in [4.78, 5) is 0. The van der Waals surface area contributed by atoms with Gasteiger partial charge in [0.25, 0.3) is 0 Å². The van der Waals surface area contributed by atoms with Crippen LogP contribution in [0.4, 0.5) is 5.69 Å². The second-order valence-corrected chi connectivity index (χ2v) is 6.19. The molecule has 124 valence electrons. The Morgan fingerprint density at radius 3 is 2.12 bits per heavy atom. The maximum atomic E-state index is 6.16. The third kappa shape index (κ3) is 3.46. The van der Waals surface area contributed by atoms with E-state index < -0.39 is 0 Å². The Labute approximate surface area is 143 Å². The minimum atomic E-state index is 0.672. The molecule has 1 N–H and O–H groups in total. The second-order valence-electron chi connectivity index (χ2n) is 6.19. The molecular weight excluding hydrogens is 298 g/mol. The Balaban J connectivity index is 1.81. The smallest absolute Gasteiger partial charge is 0.133 e. The van der Waals surface area contributed by atoms with Crippen molar-refractivity contribution < 1.29 is 9.15 Å². The van der Waals surface area contributed by atoms with E-state index in [4.69, 9.17) is 9.15 Å². The summed E-state index contributed by atoms with van der Waals surface area (Å²) >= 11 is 0. The molecule has 0 unspecified atom stereocenters. The molecule has 0 aliphatic rings. The topological polar surface area (TPSA) is 34.4 Å². The summed E-state index contributed by atoms with van der Waals surface area (Å²) < 4.78 is 11.5. The fraction of sp³-hybridized carbons (Fsp3) is 0.238. The molecule has 0 bridgehead atoms. The number of rotatable bonds is 5. The van der Waals surface area contributed by atoms with Crippen LogP contribution < -0.4 is 10.1 Å². The highest BCUT2D eigenvalue weighted by atomic mass is 16.5. The lowest BCUT2D eigenvalue weighted by atomic mass is 10.1. The molecule has 0 saturated heterocycles. The Morgan fingerprint density at radius 2 is 1.54 bits per heavy atom. The van der Waals surface area contributed by atoms with Crippen molar-refractivity contribution in [2.45, 2.75) is 34.2 Å². The average molecular weight is 321 g/mol. The van der Waals surface area contributed by atoms with E-state index >= 15 is 0 Å². The summed E-state index contributed by atoms with van der Waals surface area (Å²) in [6.45, 7) is 9.00. The highest BCUT2D eigenvalue weighted by molar-refractivity contribution is 5.60. The van der Waals surface area contributed by atoms with Crippen LogP contribution in [0.25, 0.3) is 0 Å². The molecule has 0 radical (unpaired) electrons. The molecule has 0 saturated carbocycles.